The van der Waals surface area contributed by atoms with E-state index in [2.05, 4.69) is 0 Å². The van der Waals surface area contributed by atoms with Gasteiger partial charge in [-0.05, 0) is 22.9 Å². The minimum atomic E-state index is -0.481. The van der Waals surface area contributed by atoms with Gasteiger partial charge in [0.1, 0.15) is 0 Å². The summed E-state index contributed by atoms with van der Waals surface area (Å²) in [4.78, 5) is 12.8. The minimum absolute atomic E-state index is 0.385. The maximum atomic E-state index is 11.3. The Hall–Kier alpha value is -2.07. The first-order valence-electron chi connectivity index (χ1n) is 5.48. The van der Waals surface area contributed by atoms with Crippen molar-refractivity contribution in [1.82, 2.24) is 0 Å². The molecule has 2 rings (SSSR count). The van der Waals surface area contributed by atoms with Gasteiger partial charge in [0.05, 0.1) is 0 Å². The van der Waals surface area contributed by atoms with Crippen LogP contribution < -0.4 is 16.4 Å². The normalized spacial score (nSPS) is 10.4. The summed E-state index contributed by atoms with van der Waals surface area (Å²) >= 11 is 0. The van der Waals surface area contributed by atoms with Gasteiger partial charge in [-0.3, -0.25) is 4.90 Å². The summed E-state index contributed by atoms with van der Waals surface area (Å²) in [5, 5.41) is 2.21. The lowest BCUT2D eigenvalue weighted by Crippen LogP contribution is -2.39. The highest BCUT2D eigenvalue weighted by molar-refractivity contribution is 5.94. The minimum Gasteiger partial charge on any atom is -0.351 e. The highest BCUT2D eigenvalue weighted by atomic mass is 16.2. The molecular weight excluding hydrogens is 214 g/mol. The van der Waals surface area contributed by atoms with Crippen LogP contribution in [0.4, 0.5) is 10.5 Å². The third-order valence-corrected chi connectivity index (χ3v) is 2.66. The molecule has 2 aromatic rings. The van der Waals surface area contributed by atoms with E-state index < -0.39 is 6.03 Å². The molecule has 0 aromatic heterocycles. The number of primary amides is 1. The maximum absolute atomic E-state index is 11.3. The van der Waals surface area contributed by atoms with Gasteiger partial charge in [-0.15, -0.1) is 0 Å². The first-order chi connectivity index (χ1) is 8.22. The van der Waals surface area contributed by atoms with Crippen molar-refractivity contribution in [2.75, 3.05) is 18.0 Å². The number of carbonyl (C=O) groups excluding carboxylic acids is 1. The SMILES string of the molecule is NCCN(C(N)=O)c1ccc2ccccc2c1. The van der Waals surface area contributed by atoms with Crippen molar-refractivity contribution in [3.05, 3.63) is 42.5 Å². The molecule has 0 spiro atoms. The van der Waals surface area contributed by atoms with Crippen molar-refractivity contribution in [3.8, 4) is 0 Å². The molecule has 88 valence electrons. The summed E-state index contributed by atoms with van der Waals surface area (Å²) in [6.45, 7) is 0.809. The van der Waals surface area contributed by atoms with E-state index in [9.17, 15) is 4.79 Å². The van der Waals surface area contributed by atoms with Crippen molar-refractivity contribution in [3.63, 3.8) is 0 Å². The molecule has 0 aliphatic carbocycles. The van der Waals surface area contributed by atoms with E-state index in [1.165, 1.54) is 4.90 Å². The fourth-order valence-corrected chi connectivity index (χ4v) is 1.84. The molecule has 0 bridgehead atoms. The Bertz CT molecular complexity index is 539. The van der Waals surface area contributed by atoms with Crippen molar-refractivity contribution in [2.45, 2.75) is 0 Å². The standard InChI is InChI=1S/C13H15N3O/c14-7-8-16(13(15)17)12-6-5-10-3-1-2-4-11(10)9-12/h1-6,9H,7-8,14H2,(H2,15,17). The number of amides is 2. The molecule has 0 heterocycles. The Kier molecular flexibility index (Phi) is 3.25. The van der Waals surface area contributed by atoms with Gasteiger partial charge in [-0.25, -0.2) is 4.79 Å². The molecule has 0 saturated heterocycles. The van der Waals surface area contributed by atoms with Crippen LogP contribution in [0.15, 0.2) is 42.5 Å². The Labute approximate surface area is 99.8 Å². The predicted molar refractivity (Wildman–Crippen MR) is 69.9 cm³/mol. The number of nitrogens with zero attached hydrogens (tertiary/aromatic N) is 1. The van der Waals surface area contributed by atoms with Crippen LogP contribution in [-0.2, 0) is 0 Å². The molecule has 0 aliphatic heterocycles. The molecule has 0 radical (unpaired) electrons. The summed E-state index contributed by atoms with van der Waals surface area (Å²) in [7, 11) is 0. The predicted octanol–water partition coefficient (Wildman–Crippen LogP) is 1.68. The average Bonchev–Trinajstić information content (AvgIpc) is 2.35. The molecule has 4 N–H and O–H groups in total. The molecule has 0 fully saturated rings. The van der Waals surface area contributed by atoms with Gasteiger partial charge >= 0.3 is 6.03 Å². The van der Waals surface area contributed by atoms with E-state index in [0.29, 0.717) is 13.1 Å². The molecule has 0 unspecified atom stereocenters. The van der Waals surface area contributed by atoms with Crippen LogP contribution >= 0.6 is 0 Å². The monoisotopic (exact) mass is 229 g/mol. The van der Waals surface area contributed by atoms with Crippen LogP contribution in [0.1, 0.15) is 0 Å². The summed E-state index contributed by atoms with van der Waals surface area (Å²) < 4.78 is 0. The first kappa shape index (κ1) is 11.4. The van der Waals surface area contributed by atoms with Crippen molar-refractivity contribution < 1.29 is 4.79 Å². The molecule has 4 nitrogen and oxygen atoms in total. The zero-order valence-electron chi connectivity index (χ0n) is 9.47. The quantitative estimate of drug-likeness (QED) is 0.840. The number of anilines is 1. The molecule has 0 atom stereocenters. The molecule has 2 amide bonds. The smallest absolute Gasteiger partial charge is 0.319 e. The zero-order valence-corrected chi connectivity index (χ0v) is 9.47. The number of hydrogen-bond acceptors (Lipinski definition) is 2. The molecule has 0 aliphatic rings. The van der Waals surface area contributed by atoms with Crippen LogP contribution in [0.2, 0.25) is 0 Å². The number of carbonyl (C=O) groups is 1. The van der Waals surface area contributed by atoms with Crippen LogP contribution in [0.5, 0.6) is 0 Å². The number of hydrogen-bond donors (Lipinski definition) is 2. The molecule has 17 heavy (non-hydrogen) atoms. The summed E-state index contributed by atoms with van der Waals surface area (Å²) in [6, 6.07) is 13.3. The second kappa shape index (κ2) is 4.84. The van der Waals surface area contributed by atoms with E-state index in [0.717, 1.165) is 16.5 Å². The van der Waals surface area contributed by atoms with Gasteiger partial charge in [0, 0.05) is 18.8 Å². The van der Waals surface area contributed by atoms with Crippen LogP contribution in [0.3, 0.4) is 0 Å². The lowest BCUT2D eigenvalue weighted by molar-refractivity contribution is 0.254. The van der Waals surface area contributed by atoms with Gasteiger partial charge in [0.2, 0.25) is 0 Å². The first-order valence-corrected chi connectivity index (χ1v) is 5.48. The fraction of sp³-hybridized carbons (Fsp3) is 0.154. The fourth-order valence-electron chi connectivity index (χ4n) is 1.84. The summed E-state index contributed by atoms with van der Waals surface area (Å²) in [5.41, 5.74) is 11.6. The Balaban J connectivity index is 2.43. The lowest BCUT2D eigenvalue weighted by atomic mass is 10.1. The zero-order chi connectivity index (χ0) is 12.3. The van der Waals surface area contributed by atoms with Crippen molar-refractivity contribution in [2.24, 2.45) is 11.5 Å². The summed E-state index contributed by atoms with van der Waals surface area (Å²) in [6.07, 6.45) is 0. The number of urea groups is 1. The number of nitrogens with two attached hydrogens (primary N) is 2. The van der Waals surface area contributed by atoms with E-state index in [4.69, 9.17) is 11.5 Å². The number of fused-ring (bicyclic) bond motifs is 1. The molecule has 2 aromatic carbocycles. The van der Waals surface area contributed by atoms with Crippen molar-refractivity contribution in [1.29, 1.82) is 0 Å². The van der Waals surface area contributed by atoms with Crippen molar-refractivity contribution >= 4 is 22.5 Å². The highest BCUT2D eigenvalue weighted by Crippen LogP contribution is 2.21. The van der Waals surface area contributed by atoms with E-state index in [1.54, 1.807) is 0 Å². The van der Waals surface area contributed by atoms with Gasteiger partial charge in [-0.2, -0.15) is 0 Å². The van der Waals surface area contributed by atoms with E-state index in [1.807, 2.05) is 42.5 Å². The van der Waals surface area contributed by atoms with Crippen LogP contribution in [-0.4, -0.2) is 19.1 Å². The average molecular weight is 229 g/mol. The van der Waals surface area contributed by atoms with Gasteiger partial charge < -0.3 is 11.5 Å². The Morgan fingerprint density at radius 2 is 1.82 bits per heavy atom. The lowest BCUT2D eigenvalue weighted by Gasteiger charge is -2.20. The third-order valence-electron chi connectivity index (χ3n) is 2.66. The molecule has 4 heteroatoms. The van der Waals surface area contributed by atoms with E-state index >= 15 is 0 Å². The second-order valence-electron chi connectivity index (χ2n) is 3.81. The second-order valence-corrected chi connectivity index (χ2v) is 3.81. The topological polar surface area (TPSA) is 72.3 Å². The number of benzene rings is 2. The largest absolute Gasteiger partial charge is 0.351 e. The highest BCUT2D eigenvalue weighted by Gasteiger charge is 2.11. The van der Waals surface area contributed by atoms with Crippen LogP contribution in [0.25, 0.3) is 10.8 Å². The third kappa shape index (κ3) is 2.37. The van der Waals surface area contributed by atoms with Gasteiger partial charge in [0.25, 0.3) is 0 Å². The van der Waals surface area contributed by atoms with Gasteiger partial charge in [0.15, 0.2) is 0 Å². The van der Waals surface area contributed by atoms with E-state index in [-0.39, 0.29) is 0 Å². The number of rotatable bonds is 3. The molecule has 0 saturated carbocycles. The van der Waals surface area contributed by atoms with Crippen LogP contribution in [0, 0.1) is 0 Å². The summed E-state index contributed by atoms with van der Waals surface area (Å²) in [5.74, 6) is 0. The molecular formula is C13H15N3O. The maximum Gasteiger partial charge on any atom is 0.319 e. The van der Waals surface area contributed by atoms with Gasteiger partial charge in [-0.1, -0.05) is 30.3 Å². The Morgan fingerprint density at radius 1 is 1.12 bits per heavy atom. The Morgan fingerprint density at radius 3 is 2.47 bits per heavy atom.